The summed E-state index contributed by atoms with van der Waals surface area (Å²) < 4.78 is 5.52. The van der Waals surface area contributed by atoms with Crippen molar-refractivity contribution >= 4 is 5.97 Å². The van der Waals surface area contributed by atoms with Crippen molar-refractivity contribution < 1.29 is 9.53 Å². The van der Waals surface area contributed by atoms with E-state index in [4.69, 9.17) is 4.74 Å². The first-order valence-electron chi connectivity index (χ1n) is 10.6. The number of esters is 1. The molecule has 1 aliphatic carbocycles. The average Bonchev–Trinajstić information content (AvgIpc) is 2.71. The fourth-order valence-electron chi connectivity index (χ4n) is 4.26. The van der Waals surface area contributed by atoms with Gasteiger partial charge in [-0.15, -0.1) is 0 Å². The van der Waals surface area contributed by atoms with Crippen molar-refractivity contribution in [3.63, 3.8) is 0 Å². The Balaban J connectivity index is 1.56. The van der Waals surface area contributed by atoms with Crippen molar-refractivity contribution in [2.45, 2.75) is 71.1 Å². The van der Waals surface area contributed by atoms with Crippen LogP contribution in [0.1, 0.15) is 86.2 Å². The molecule has 0 heterocycles. The van der Waals surface area contributed by atoms with Gasteiger partial charge in [-0.25, -0.2) is 4.79 Å². The normalized spacial score (nSPS) is 19.6. The SMILES string of the molecule is CCCc1ccc(OC(=O)c2ccc([C@H]3CC[C@H](CCC)CC3)cc2)cc1. The van der Waals surface area contributed by atoms with Crippen molar-refractivity contribution in [2.75, 3.05) is 0 Å². The predicted molar refractivity (Wildman–Crippen MR) is 111 cm³/mol. The first-order valence-corrected chi connectivity index (χ1v) is 10.6. The largest absolute Gasteiger partial charge is 0.423 e. The Morgan fingerprint density at radius 2 is 1.56 bits per heavy atom. The number of carbonyl (C=O) groups is 1. The topological polar surface area (TPSA) is 26.3 Å². The van der Waals surface area contributed by atoms with Gasteiger partial charge in [0.15, 0.2) is 0 Å². The zero-order valence-electron chi connectivity index (χ0n) is 16.7. The molecule has 1 aliphatic rings. The highest BCUT2D eigenvalue weighted by molar-refractivity contribution is 5.91. The van der Waals surface area contributed by atoms with Crippen LogP contribution in [0.2, 0.25) is 0 Å². The third kappa shape index (κ3) is 5.45. The van der Waals surface area contributed by atoms with Crippen LogP contribution in [0.3, 0.4) is 0 Å². The molecule has 0 N–H and O–H groups in total. The first kappa shape index (κ1) is 19.7. The van der Waals surface area contributed by atoms with E-state index in [1.54, 1.807) is 0 Å². The lowest BCUT2D eigenvalue weighted by atomic mass is 9.77. The second-order valence-corrected chi connectivity index (χ2v) is 7.91. The zero-order valence-corrected chi connectivity index (χ0v) is 16.7. The molecule has 0 unspecified atom stereocenters. The van der Waals surface area contributed by atoms with Gasteiger partial charge in [0.25, 0.3) is 0 Å². The summed E-state index contributed by atoms with van der Waals surface area (Å²) in [6.07, 6.45) is 10.1. The van der Waals surface area contributed by atoms with E-state index >= 15 is 0 Å². The van der Waals surface area contributed by atoms with Crippen molar-refractivity contribution in [1.29, 1.82) is 0 Å². The molecule has 144 valence electrons. The Hall–Kier alpha value is -2.09. The highest BCUT2D eigenvalue weighted by atomic mass is 16.5. The van der Waals surface area contributed by atoms with E-state index in [9.17, 15) is 4.79 Å². The maximum absolute atomic E-state index is 12.4. The van der Waals surface area contributed by atoms with E-state index in [2.05, 4.69) is 26.0 Å². The number of benzene rings is 2. The quantitative estimate of drug-likeness (QED) is 0.393. The third-order valence-corrected chi connectivity index (χ3v) is 5.83. The van der Waals surface area contributed by atoms with Crippen LogP contribution in [-0.2, 0) is 6.42 Å². The monoisotopic (exact) mass is 364 g/mol. The van der Waals surface area contributed by atoms with Crippen LogP contribution in [0.4, 0.5) is 0 Å². The van der Waals surface area contributed by atoms with Gasteiger partial charge in [-0.1, -0.05) is 57.4 Å². The molecule has 0 aliphatic heterocycles. The summed E-state index contributed by atoms with van der Waals surface area (Å²) in [5.74, 6) is 1.90. The molecular formula is C25H32O2. The summed E-state index contributed by atoms with van der Waals surface area (Å²) in [5, 5.41) is 0. The summed E-state index contributed by atoms with van der Waals surface area (Å²) in [7, 11) is 0. The molecular weight excluding hydrogens is 332 g/mol. The predicted octanol–water partition coefficient (Wildman–Crippen LogP) is 6.93. The first-order chi connectivity index (χ1) is 13.2. The van der Waals surface area contributed by atoms with Gasteiger partial charge in [0, 0.05) is 0 Å². The van der Waals surface area contributed by atoms with Gasteiger partial charge in [-0.3, -0.25) is 0 Å². The fourth-order valence-corrected chi connectivity index (χ4v) is 4.26. The Bertz CT molecular complexity index is 707. The highest BCUT2D eigenvalue weighted by Gasteiger charge is 2.22. The molecule has 0 aromatic heterocycles. The van der Waals surface area contributed by atoms with Crippen LogP contribution in [0.25, 0.3) is 0 Å². The Kier molecular flexibility index (Phi) is 7.09. The smallest absolute Gasteiger partial charge is 0.343 e. The molecule has 0 radical (unpaired) electrons. The molecule has 1 saturated carbocycles. The van der Waals surface area contributed by atoms with E-state index < -0.39 is 0 Å². The minimum absolute atomic E-state index is 0.281. The van der Waals surface area contributed by atoms with Gasteiger partial charge >= 0.3 is 5.97 Å². The molecule has 2 aromatic carbocycles. The second kappa shape index (κ2) is 9.73. The van der Waals surface area contributed by atoms with Gasteiger partial charge < -0.3 is 4.74 Å². The number of ether oxygens (including phenoxy) is 1. The van der Waals surface area contributed by atoms with Gasteiger partial charge in [-0.05, 0) is 79.3 Å². The fraction of sp³-hybridized carbons (Fsp3) is 0.480. The molecule has 0 spiro atoms. The summed E-state index contributed by atoms with van der Waals surface area (Å²) in [6, 6.07) is 15.9. The van der Waals surface area contributed by atoms with Crippen LogP contribution < -0.4 is 4.74 Å². The summed E-state index contributed by atoms with van der Waals surface area (Å²) >= 11 is 0. The van der Waals surface area contributed by atoms with E-state index in [0.29, 0.717) is 17.2 Å². The number of aryl methyl sites for hydroxylation is 1. The van der Waals surface area contributed by atoms with Crippen molar-refractivity contribution in [1.82, 2.24) is 0 Å². The Labute approximate surface area is 164 Å². The lowest BCUT2D eigenvalue weighted by Gasteiger charge is -2.28. The van der Waals surface area contributed by atoms with Gasteiger partial charge in [-0.2, -0.15) is 0 Å². The molecule has 1 fully saturated rings. The molecule has 2 aromatic rings. The van der Waals surface area contributed by atoms with Crippen LogP contribution >= 0.6 is 0 Å². The van der Waals surface area contributed by atoms with Gasteiger partial charge in [0.1, 0.15) is 5.75 Å². The van der Waals surface area contributed by atoms with Crippen LogP contribution in [-0.4, -0.2) is 5.97 Å². The van der Waals surface area contributed by atoms with E-state index in [0.717, 1.165) is 18.8 Å². The maximum atomic E-state index is 12.4. The Morgan fingerprint density at radius 3 is 2.15 bits per heavy atom. The minimum Gasteiger partial charge on any atom is -0.423 e. The lowest BCUT2D eigenvalue weighted by molar-refractivity contribution is 0.0734. The van der Waals surface area contributed by atoms with Gasteiger partial charge in [0.2, 0.25) is 0 Å². The van der Waals surface area contributed by atoms with Crippen molar-refractivity contribution in [3.8, 4) is 5.75 Å². The zero-order chi connectivity index (χ0) is 19.1. The molecule has 2 nitrogen and oxygen atoms in total. The number of hydrogen-bond donors (Lipinski definition) is 0. The van der Waals surface area contributed by atoms with Crippen molar-refractivity contribution in [3.05, 3.63) is 65.2 Å². The maximum Gasteiger partial charge on any atom is 0.343 e. The molecule has 0 amide bonds. The summed E-state index contributed by atoms with van der Waals surface area (Å²) in [6.45, 7) is 4.44. The highest BCUT2D eigenvalue weighted by Crippen LogP contribution is 2.37. The Morgan fingerprint density at radius 1 is 0.889 bits per heavy atom. The third-order valence-electron chi connectivity index (χ3n) is 5.83. The summed E-state index contributed by atoms with van der Waals surface area (Å²) in [5.41, 5.74) is 3.26. The molecule has 2 heteroatoms. The van der Waals surface area contributed by atoms with Crippen molar-refractivity contribution in [2.24, 2.45) is 5.92 Å². The standard InChI is InChI=1S/C25H32O2/c1-3-5-19-7-11-21(12-8-19)22-13-15-23(16-14-22)25(26)27-24-17-9-20(6-4-2)10-18-24/h9-10,13-19,21H,3-8,11-12H2,1-2H3/t19-,21-. The molecule has 3 rings (SSSR count). The lowest BCUT2D eigenvalue weighted by Crippen LogP contribution is -2.13. The second-order valence-electron chi connectivity index (χ2n) is 7.91. The van der Waals surface area contributed by atoms with Crippen LogP contribution in [0.15, 0.2) is 48.5 Å². The molecule has 0 bridgehead atoms. The molecule has 0 saturated heterocycles. The average molecular weight is 365 g/mol. The molecule has 27 heavy (non-hydrogen) atoms. The number of hydrogen-bond acceptors (Lipinski definition) is 2. The van der Waals surface area contributed by atoms with Gasteiger partial charge in [0.05, 0.1) is 5.56 Å². The van der Waals surface area contributed by atoms with E-state index in [1.165, 1.54) is 49.7 Å². The van der Waals surface area contributed by atoms with Crippen LogP contribution in [0.5, 0.6) is 5.75 Å². The van der Waals surface area contributed by atoms with E-state index in [1.807, 2.05) is 36.4 Å². The molecule has 0 atom stereocenters. The van der Waals surface area contributed by atoms with E-state index in [-0.39, 0.29) is 5.97 Å². The number of carbonyl (C=O) groups excluding carboxylic acids is 1. The minimum atomic E-state index is -0.281. The number of rotatable bonds is 7. The summed E-state index contributed by atoms with van der Waals surface area (Å²) in [4.78, 5) is 12.4. The van der Waals surface area contributed by atoms with Crippen LogP contribution in [0, 0.1) is 5.92 Å².